The lowest BCUT2D eigenvalue weighted by molar-refractivity contribution is 0.697. The van der Waals surface area contributed by atoms with Gasteiger partial charge in [-0.15, -0.1) is 0 Å². The average Bonchev–Trinajstić information content (AvgIpc) is 3.06. The van der Waals surface area contributed by atoms with Crippen LogP contribution in [0.1, 0.15) is 34.1 Å². The van der Waals surface area contributed by atoms with Crippen molar-refractivity contribution in [3.8, 4) is 0 Å². The van der Waals surface area contributed by atoms with Crippen molar-refractivity contribution in [3.63, 3.8) is 0 Å². The summed E-state index contributed by atoms with van der Waals surface area (Å²) in [6.45, 7) is 0. The topological polar surface area (TPSA) is 0 Å². The van der Waals surface area contributed by atoms with E-state index in [4.69, 9.17) is 0 Å². The molecule has 0 spiro atoms. The Bertz CT molecular complexity index is 1900. The lowest BCUT2D eigenvalue weighted by atomic mass is 9.72. The van der Waals surface area contributed by atoms with Crippen LogP contribution in [0.25, 0.3) is 43.1 Å². The predicted molar refractivity (Wildman–Crippen MR) is 179 cm³/mol. The van der Waals surface area contributed by atoms with Crippen LogP contribution in [0.5, 0.6) is 0 Å². The van der Waals surface area contributed by atoms with E-state index in [-0.39, 0.29) is 11.8 Å². The molecule has 198 valence electrons. The second kappa shape index (κ2) is 10.3. The van der Waals surface area contributed by atoms with Gasteiger partial charge in [0.1, 0.15) is 0 Å². The summed E-state index contributed by atoms with van der Waals surface area (Å²) in [5, 5.41) is 10.2. The van der Waals surface area contributed by atoms with Crippen molar-refractivity contribution in [2.24, 2.45) is 0 Å². The largest absolute Gasteiger partial charge is 0.0616 e. The Hall–Kier alpha value is -5.20. The van der Waals surface area contributed by atoms with Gasteiger partial charge in [0.15, 0.2) is 0 Å². The molecule has 0 aliphatic heterocycles. The van der Waals surface area contributed by atoms with Gasteiger partial charge in [-0.05, 0) is 65.3 Å². The molecule has 0 amide bonds. The standard InChI is InChI=1S/C42H30/c1-5-13-33-25-37(21-17-29(33)9-1)41(38-22-18-30-10-2-6-14-34(30)26-38)42(39-23-19-31-11-3-7-15-35(31)27-39)40-24-20-32-12-4-8-16-36(32)28-40/h1-28,41-42H. The number of rotatable bonds is 5. The molecule has 0 atom stereocenters. The zero-order valence-electron chi connectivity index (χ0n) is 23.3. The third kappa shape index (κ3) is 4.42. The highest BCUT2D eigenvalue weighted by atomic mass is 14.3. The summed E-state index contributed by atoms with van der Waals surface area (Å²) < 4.78 is 0. The Balaban J connectivity index is 1.42. The summed E-state index contributed by atoms with van der Waals surface area (Å²) in [6, 6.07) is 62.9. The van der Waals surface area contributed by atoms with Crippen LogP contribution in [0.4, 0.5) is 0 Å². The lowest BCUT2D eigenvalue weighted by Gasteiger charge is -2.30. The van der Waals surface area contributed by atoms with Crippen LogP contribution in [-0.4, -0.2) is 0 Å². The van der Waals surface area contributed by atoms with Crippen LogP contribution < -0.4 is 0 Å². The molecule has 8 aromatic carbocycles. The Kier molecular flexibility index (Phi) is 6.04. The molecule has 0 nitrogen and oxygen atoms in total. The Morgan fingerprint density at radius 3 is 0.667 bits per heavy atom. The number of fused-ring (bicyclic) bond motifs is 4. The molecule has 0 radical (unpaired) electrons. The Labute approximate surface area is 246 Å². The van der Waals surface area contributed by atoms with E-state index in [2.05, 4.69) is 170 Å². The van der Waals surface area contributed by atoms with Gasteiger partial charge in [0.2, 0.25) is 0 Å². The van der Waals surface area contributed by atoms with Gasteiger partial charge in [0.05, 0.1) is 0 Å². The molecular formula is C42H30. The molecule has 0 bridgehead atoms. The molecule has 0 aliphatic carbocycles. The van der Waals surface area contributed by atoms with Crippen molar-refractivity contribution in [2.75, 3.05) is 0 Å². The van der Waals surface area contributed by atoms with Crippen molar-refractivity contribution >= 4 is 43.1 Å². The van der Waals surface area contributed by atoms with E-state index < -0.39 is 0 Å². The maximum atomic E-state index is 2.41. The SMILES string of the molecule is c1ccc2cc(C(c3ccc4ccccc4c3)C(c3ccc4ccccc4c3)c3ccc4ccccc4c3)ccc2c1. The monoisotopic (exact) mass is 534 g/mol. The predicted octanol–water partition coefficient (Wildman–Crippen LogP) is 11.3. The molecule has 0 saturated carbocycles. The Morgan fingerprint density at radius 1 is 0.214 bits per heavy atom. The normalized spacial score (nSPS) is 11.8. The van der Waals surface area contributed by atoms with Gasteiger partial charge in [-0.25, -0.2) is 0 Å². The van der Waals surface area contributed by atoms with Crippen LogP contribution >= 0.6 is 0 Å². The summed E-state index contributed by atoms with van der Waals surface area (Å²) in [5.41, 5.74) is 5.32. The summed E-state index contributed by atoms with van der Waals surface area (Å²) in [5.74, 6) is 0.225. The zero-order valence-corrected chi connectivity index (χ0v) is 23.3. The average molecular weight is 535 g/mol. The van der Waals surface area contributed by atoms with Crippen LogP contribution in [0.15, 0.2) is 170 Å². The quantitative estimate of drug-likeness (QED) is 0.206. The van der Waals surface area contributed by atoms with E-state index in [0.717, 1.165) is 0 Å². The molecule has 42 heavy (non-hydrogen) atoms. The summed E-state index contributed by atoms with van der Waals surface area (Å²) in [7, 11) is 0. The molecule has 0 heteroatoms. The molecule has 0 unspecified atom stereocenters. The van der Waals surface area contributed by atoms with Crippen LogP contribution in [0.2, 0.25) is 0 Å². The molecule has 8 aromatic rings. The third-order valence-electron chi connectivity index (χ3n) is 8.86. The highest BCUT2D eigenvalue weighted by molar-refractivity contribution is 5.87. The minimum Gasteiger partial charge on any atom is -0.0616 e. The fourth-order valence-electron chi connectivity index (χ4n) is 6.76. The Morgan fingerprint density at radius 2 is 0.429 bits per heavy atom. The second-order valence-corrected chi connectivity index (χ2v) is 11.4. The van der Waals surface area contributed by atoms with E-state index in [1.807, 2.05) is 0 Å². The van der Waals surface area contributed by atoms with Gasteiger partial charge in [0, 0.05) is 11.8 Å². The van der Waals surface area contributed by atoms with Gasteiger partial charge in [-0.2, -0.15) is 0 Å². The summed E-state index contributed by atoms with van der Waals surface area (Å²) in [6.07, 6.45) is 0. The number of hydrogen-bond acceptors (Lipinski definition) is 0. The maximum Gasteiger partial charge on any atom is 0.0199 e. The van der Waals surface area contributed by atoms with E-state index in [0.29, 0.717) is 0 Å². The first-order chi connectivity index (χ1) is 20.8. The molecule has 0 heterocycles. The number of hydrogen-bond donors (Lipinski definition) is 0. The molecule has 0 N–H and O–H groups in total. The fourth-order valence-corrected chi connectivity index (χ4v) is 6.76. The first kappa shape index (κ1) is 24.6. The van der Waals surface area contributed by atoms with Crippen molar-refractivity contribution in [1.29, 1.82) is 0 Å². The zero-order chi connectivity index (χ0) is 27.9. The molecule has 8 rings (SSSR count). The van der Waals surface area contributed by atoms with Gasteiger partial charge >= 0.3 is 0 Å². The van der Waals surface area contributed by atoms with Gasteiger partial charge in [-0.3, -0.25) is 0 Å². The van der Waals surface area contributed by atoms with Gasteiger partial charge in [0.25, 0.3) is 0 Å². The van der Waals surface area contributed by atoms with Crippen molar-refractivity contribution in [2.45, 2.75) is 11.8 Å². The molecule has 0 saturated heterocycles. The van der Waals surface area contributed by atoms with Crippen LogP contribution in [0.3, 0.4) is 0 Å². The third-order valence-corrected chi connectivity index (χ3v) is 8.86. The molecular weight excluding hydrogens is 504 g/mol. The minimum absolute atomic E-state index is 0.113. The first-order valence-electron chi connectivity index (χ1n) is 14.7. The van der Waals surface area contributed by atoms with E-state index in [1.165, 1.54) is 65.3 Å². The smallest absolute Gasteiger partial charge is 0.0199 e. The van der Waals surface area contributed by atoms with Crippen molar-refractivity contribution < 1.29 is 0 Å². The van der Waals surface area contributed by atoms with Crippen molar-refractivity contribution in [1.82, 2.24) is 0 Å². The first-order valence-corrected chi connectivity index (χ1v) is 14.7. The minimum atomic E-state index is 0.113. The van der Waals surface area contributed by atoms with Gasteiger partial charge in [-0.1, -0.05) is 170 Å². The highest BCUT2D eigenvalue weighted by Gasteiger charge is 2.29. The molecule has 0 aromatic heterocycles. The highest BCUT2D eigenvalue weighted by Crippen LogP contribution is 2.45. The van der Waals surface area contributed by atoms with E-state index in [1.54, 1.807) is 0 Å². The summed E-state index contributed by atoms with van der Waals surface area (Å²) in [4.78, 5) is 0. The summed E-state index contributed by atoms with van der Waals surface area (Å²) >= 11 is 0. The van der Waals surface area contributed by atoms with Crippen LogP contribution in [-0.2, 0) is 0 Å². The molecule has 0 fully saturated rings. The fraction of sp³-hybridized carbons (Fsp3) is 0.0476. The number of benzene rings is 8. The van der Waals surface area contributed by atoms with Crippen LogP contribution in [0, 0.1) is 0 Å². The second-order valence-electron chi connectivity index (χ2n) is 11.4. The van der Waals surface area contributed by atoms with E-state index >= 15 is 0 Å². The maximum absolute atomic E-state index is 2.41. The lowest BCUT2D eigenvalue weighted by Crippen LogP contribution is -2.15. The molecule has 0 aliphatic rings. The van der Waals surface area contributed by atoms with Crippen molar-refractivity contribution in [3.05, 3.63) is 192 Å². The van der Waals surface area contributed by atoms with Gasteiger partial charge < -0.3 is 0 Å². The van der Waals surface area contributed by atoms with E-state index in [9.17, 15) is 0 Å².